The van der Waals surface area contributed by atoms with Crippen molar-refractivity contribution in [1.29, 1.82) is 0 Å². The summed E-state index contributed by atoms with van der Waals surface area (Å²) in [6.45, 7) is 11.2. The van der Waals surface area contributed by atoms with Crippen LogP contribution in [0.3, 0.4) is 0 Å². The Kier molecular flexibility index (Phi) is 6.52. The lowest BCUT2D eigenvalue weighted by molar-refractivity contribution is -0.384. The lowest BCUT2D eigenvalue weighted by atomic mass is 10.1. The average Bonchev–Trinajstić information content (AvgIpc) is 2.44. The van der Waals surface area contributed by atoms with Gasteiger partial charge in [0.1, 0.15) is 17.7 Å². The number of nitro groups is 1. The molecule has 0 spiro atoms. The topological polar surface area (TPSA) is 81.5 Å². The molecular weight excluding hydrogens is 328 g/mol. The van der Waals surface area contributed by atoms with Crippen LogP contribution in [0.5, 0.6) is 0 Å². The molecule has 6 nitrogen and oxygen atoms in total. The minimum atomic E-state index is -1.35. The summed E-state index contributed by atoms with van der Waals surface area (Å²) >= 11 is 0. The first kappa shape index (κ1) is 20.1. The fraction of sp³-hybridized carbons (Fsp3) is 0.529. The van der Waals surface area contributed by atoms with Crippen molar-refractivity contribution in [2.24, 2.45) is 0 Å². The molecule has 24 heavy (non-hydrogen) atoms. The van der Waals surface area contributed by atoms with Gasteiger partial charge in [-0.1, -0.05) is 0 Å². The number of non-ortho nitro benzene ring substituents is 1. The zero-order valence-electron chi connectivity index (χ0n) is 14.9. The van der Waals surface area contributed by atoms with Gasteiger partial charge in [-0.15, -0.1) is 0 Å². The normalized spacial score (nSPS) is 14.2. The van der Waals surface area contributed by atoms with Crippen molar-refractivity contribution in [2.75, 3.05) is 0 Å². The van der Waals surface area contributed by atoms with Crippen LogP contribution < -0.4 is 4.72 Å². The highest BCUT2D eigenvalue weighted by atomic mass is 32.2. The molecule has 0 heterocycles. The van der Waals surface area contributed by atoms with Crippen LogP contribution in [0, 0.1) is 22.1 Å². The van der Waals surface area contributed by atoms with E-state index in [1.165, 1.54) is 12.1 Å². The smallest absolute Gasteiger partial charge is 0.269 e. The van der Waals surface area contributed by atoms with Crippen molar-refractivity contribution in [1.82, 2.24) is 4.72 Å². The summed E-state index contributed by atoms with van der Waals surface area (Å²) in [4.78, 5) is 10.3. The number of rotatable bonds is 4. The highest BCUT2D eigenvalue weighted by Gasteiger charge is 2.23. The molecule has 0 aliphatic rings. The number of nitrogens with zero attached hydrogens (tertiary/aromatic N) is 1. The van der Waals surface area contributed by atoms with Gasteiger partial charge >= 0.3 is 0 Å². The van der Waals surface area contributed by atoms with Gasteiger partial charge < -0.3 is 4.74 Å². The first-order valence-electron chi connectivity index (χ1n) is 7.51. The van der Waals surface area contributed by atoms with E-state index in [-0.39, 0.29) is 5.69 Å². The van der Waals surface area contributed by atoms with Crippen LogP contribution in [0.4, 0.5) is 5.69 Å². The monoisotopic (exact) mass is 352 g/mol. The standard InChI is InChI=1S/C17H24N2O4S/c1-16(2,3)23-12-11-15(18-24(22)17(4,5)6)13-7-9-14(10-8-13)19(20)21/h7-10,15,18H,1-6H3/t15-,24-/m0/s1. The highest BCUT2D eigenvalue weighted by molar-refractivity contribution is 7.84. The summed E-state index contributed by atoms with van der Waals surface area (Å²) in [5, 5.41) is 10.8. The number of nitro benzene ring substituents is 1. The molecule has 1 aromatic carbocycles. The van der Waals surface area contributed by atoms with Gasteiger partial charge in [0.15, 0.2) is 0 Å². The molecule has 0 unspecified atom stereocenters. The molecule has 7 heteroatoms. The lowest BCUT2D eigenvalue weighted by Gasteiger charge is -2.22. The predicted molar refractivity (Wildman–Crippen MR) is 95.5 cm³/mol. The summed E-state index contributed by atoms with van der Waals surface area (Å²) in [7, 11) is -1.35. The van der Waals surface area contributed by atoms with Crippen molar-refractivity contribution in [3.05, 3.63) is 39.9 Å². The molecule has 0 fully saturated rings. The van der Waals surface area contributed by atoms with E-state index in [0.29, 0.717) is 5.56 Å². The van der Waals surface area contributed by atoms with E-state index in [1.807, 2.05) is 41.5 Å². The minimum Gasteiger partial charge on any atom is -0.441 e. The summed E-state index contributed by atoms with van der Waals surface area (Å²) < 4.78 is 20.3. The zero-order valence-corrected chi connectivity index (χ0v) is 15.7. The molecule has 1 N–H and O–H groups in total. The molecular formula is C17H24N2O4S. The third kappa shape index (κ3) is 6.69. The highest BCUT2D eigenvalue weighted by Crippen LogP contribution is 2.20. The third-order valence-electron chi connectivity index (χ3n) is 2.78. The molecule has 0 aromatic heterocycles. The minimum absolute atomic E-state index is 0.00616. The molecule has 0 amide bonds. The maximum absolute atomic E-state index is 12.4. The Hall–Kier alpha value is -1.91. The van der Waals surface area contributed by atoms with E-state index in [0.717, 1.165) is 0 Å². The van der Waals surface area contributed by atoms with Gasteiger partial charge in [-0.3, -0.25) is 10.1 Å². The SMILES string of the molecule is CC(C)(C)OC#C[C@H](N[S@@](=O)C(C)(C)C)c1ccc([N+](=O)[O-])cc1. The first-order valence-corrected chi connectivity index (χ1v) is 8.66. The van der Waals surface area contributed by atoms with Crippen LogP contribution in [0.15, 0.2) is 24.3 Å². The molecule has 1 aromatic rings. The molecule has 0 aliphatic heterocycles. The van der Waals surface area contributed by atoms with E-state index >= 15 is 0 Å². The van der Waals surface area contributed by atoms with Gasteiger partial charge in [0.2, 0.25) is 0 Å². The van der Waals surface area contributed by atoms with Crippen molar-refractivity contribution in [3.63, 3.8) is 0 Å². The summed E-state index contributed by atoms with van der Waals surface area (Å²) in [6, 6.07) is 5.43. The van der Waals surface area contributed by atoms with Gasteiger partial charge in [-0.25, -0.2) is 8.93 Å². The molecule has 132 valence electrons. The Labute approximate surface area is 145 Å². The van der Waals surface area contributed by atoms with Crippen LogP contribution in [0.2, 0.25) is 0 Å². The van der Waals surface area contributed by atoms with Gasteiger partial charge in [0.25, 0.3) is 5.69 Å². The van der Waals surface area contributed by atoms with Crippen molar-refractivity contribution < 1.29 is 13.9 Å². The Bertz CT molecular complexity index is 661. The molecule has 2 atom stereocenters. The zero-order chi connectivity index (χ0) is 18.5. The largest absolute Gasteiger partial charge is 0.441 e. The van der Waals surface area contributed by atoms with Gasteiger partial charge in [-0.05, 0) is 65.2 Å². The number of ether oxygens (including phenoxy) is 1. The van der Waals surface area contributed by atoms with Crippen molar-refractivity contribution in [3.8, 4) is 12.0 Å². The molecule has 0 saturated heterocycles. The van der Waals surface area contributed by atoms with Gasteiger partial charge in [0, 0.05) is 12.1 Å². The van der Waals surface area contributed by atoms with Crippen LogP contribution in [-0.2, 0) is 15.7 Å². The predicted octanol–water partition coefficient (Wildman–Crippen LogP) is 3.46. The second-order valence-electron chi connectivity index (χ2n) is 7.24. The average molecular weight is 352 g/mol. The maximum Gasteiger partial charge on any atom is 0.269 e. The van der Waals surface area contributed by atoms with Crippen LogP contribution in [0.1, 0.15) is 53.1 Å². The molecule has 1 rings (SSSR count). The van der Waals surface area contributed by atoms with Crippen LogP contribution in [0.25, 0.3) is 0 Å². The Morgan fingerprint density at radius 2 is 1.71 bits per heavy atom. The molecule has 0 saturated carbocycles. The lowest BCUT2D eigenvalue weighted by Crippen LogP contribution is -2.35. The van der Waals surface area contributed by atoms with Gasteiger partial charge in [0.05, 0.1) is 20.7 Å². The van der Waals surface area contributed by atoms with Crippen LogP contribution in [-0.4, -0.2) is 19.5 Å². The fourth-order valence-electron chi connectivity index (χ4n) is 1.49. The second kappa shape index (κ2) is 7.77. The van der Waals surface area contributed by atoms with E-state index in [4.69, 9.17) is 4.74 Å². The Morgan fingerprint density at radius 1 is 1.17 bits per heavy atom. The quantitative estimate of drug-likeness (QED) is 0.511. The third-order valence-corrected chi connectivity index (χ3v) is 4.34. The van der Waals surface area contributed by atoms with Gasteiger partial charge in [-0.2, -0.15) is 0 Å². The summed E-state index contributed by atoms with van der Waals surface area (Å²) in [5.74, 6) is 2.90. The molecule has 0 radical (unpaired) electrons. The van der Waals surface area contributed by atoms with E-state index in [1.54, 1.807) is 12.1 Å². The van der Waals surface area contributed by atoms with E-state index < -0.39 is 32.3 Å². The Balaban J connectivity index is 3.08. The fourth-order valence-corrected chi connectivity index (χ4v) is 2.26. The van der Waals surface area contributed by atoms with Crippen molar-refractivity contribution >= 4 is 16.7 Å². The van der Waals surface area contributed by atoms with Crippen molar-refractivity contribution in [2.45, 2.75) is 57.9 Å². The van der Waals surface area contributed by atoms with E-state index in [9.17, 15) is 14.3 Å². The van der Waals surface area contributed by atoms with Crippen LogP contribution >= 0.6 is 0 Å². The first-order chi connectivity index (χ1) is 10.9. The Morgan fingerprint density at radius 3 is 2.12 bits per heavy atom. The summed E-state index contributed by atoms with van der Waals surface area (Å²) in [6.07, 6.45) is 2.64. The molecule has 0 aliphatic carbocycles. The number of hydrogen-bond acceptors (Lipinski definition) is 4. The number of nitrogens with one attached hydrogen (secondary N) is 1. The second-order valence-corrected chi connectivity index (χ2v) is 9.24. The summed E-state index contributed by atoms with van der Waals surface area (Å²) in [5.41, 5.74) is 0.257. The van der Waals surface area contributed by atoms with E-state index in [2.05, 4.69) is 16.7 Å². The molecule has 0 bridgehead atoms. The maximum atomic E-state index is 12.4. The number of benzene rings is 1. The number of hydrogen-bond donors (Lipinski definition) is 1.